The van der Waals surface area contributed by atoms with Gasteiger partial charge in [0.15, 0.2) is 0 Å². The molecule has 78 valence electrons. The monoisotopic (exact) mass is 200 g/mol. The number of rotatable bonds is 2. The van der Waals surface area contributed by atoms with Gasteiger partial charge in [-0.1, -0.05) is 13.8 Å². The van der Waals surface area contributed by atoms with Crippen LogP contribution in [0.3, 0.4) is 0 Å². The van der Waals surface area contributed by atoms with Crippen LogP contribution in [0, 0.1) is 10.1 Å². The first kappa shape index (κ1) is 12.1. The van der Waals surface area contributed by atoms with Gasteiger partial charge in [-0.3, -0.25) is 19.6 Å². The SMILES string of the molecule is CC.Cn1cc([N+](=O)[O-])c(C(N)=O)n1. The number of nitro groups is 1. The fraction of sp³-hybridized carbons (Fsp3) is 0.429. The van der Waals surface area contributed by atoms with Crippen LogP contribution in [-0.4, -0.2) is 20.6 Å². The molecule has 1 rings (SSSR count). The maximum absolute atomic E-state index is 10.6. The zero-order chi connectivity index (χ0) is 11.3. The molecule has 1 aromatic rings. The molecule has 0 saturated carbocycles. The zero-order valence-corrected chi connectivity index (χ0v) is 8.22. The van der Waals surface area contributed by atoms with Gasteiger partial charge in [0.1, 0.15) is 6.20 Å². The first-order chi connectivity index (χ1) is 6.52. The molecule has 1 heterocycles. The first-order valence-electron chi connectivity index (χ1n) is 4.00. The van der Waals surface area contributed by atoms with Crippen molar-refractivity contribution in [2.45, 2.75) is 13.8 Å². The first-order valence-corrected chi connectivity index (χ1v) is 4.00. The molecule has 14 heavy (non-hydrogen) atoms. The molecule has 0 fully saturated rings. The third kappa shape index (κ3) is 2.54. The van der Waals surface area contributed by atoms with Crippen molar-refractivity contribution in [3.05, 3.63) is 22.0 Å². The Morgan fingerprint density at radius 3 is 2.43 bits per heavy atom. The number of carbonyl (C=O) groups excluding carboxylic acids is 1. The van der Waals surface area contributed by atoms with Crippen molar-refractivity contribution < 1.29 is 9.72 Å². The second-order valence-electron chi connectivity index (χ2n) is 2.16. The Balaban J connectivity index is 0.000000791. The maximum atomic E-state index is 10.6. The summed E-state index contributed by atoms with van der Waals surface area (Å²) in [5.74, 6) is -0.901. The Labute approximate surface area is 80.7 Å². The minimum absolute atomic E-state index is 0.317. The van der Waals surface area contributed by atoms with Crippen LogP contribution in [0.2, 0.25) is 0 Å². The molecule has 0 aliphatic heterocycles. The van der Waals surface area contributed by atoms with Gasteiger partial charge in [-0.25, -0.2) is 0 Å². The van der Waals surface area contributed by atoms with Crippen LogP contribution in [0.1, 0.15) is 24.3 Å². The van der Waals surface area contributed by atoms with Crippen molar-refractivity contribution in [3.63, 3.8) is 0 Å². The molecule has 2 N–H and O–H groups in total. The molecular formula is C7H12N4O3. The Kier molecular flexibility index (Phi) is 4.27. The Morgan fingerprint density at radius 1 is 1.64 bits per heavy atom. The van der Waals surface area contributed by atoms with Crippen LogP contribution >= 0.6 is 0 Å². The third-order valence-electron chi connectivity index (χ3n) is 1.24. The van der Waals surface area contributed by atoms with Crippen LogP contribution in [0.15, 0.2) is 6.20 Å². The number of hydrogen-bond acceptors (Lipinski definition) is 4. The van der Waals surface area contributed by atoms with E-state index in [2.05, 4.69) is 5.10 Å². The van der Waals surface area contributed by atoms with Crippen LogP contribution in [0.4, 0.5) is 5.69 Å². The minimum Gasteiger partial charge on any atom is -0.364 e. The second-order valence-corrected chi connectivity index (χ2v) is 2.16. The van der Waals surface area contributed by atoms with Crippen LogP contribution < -0.4 is 5.73 Å². The van der Waals surface area contributed by atoms with Gasteiger partial charge in [-0.15, -0.1) is 0 Å². The van der Waals surface area contributed by atoms with Crippen molar-refractivity contribution >= 4 is 11.6 Å². The average Bonchev–Trinajstić information content (AvgIpc) is 2.51. The molecule has 0 saturated heterocycles. The standard InChI is InChI=1S/C5H6N4O3.C2H6/c1-8-2-3(9(11)12)4(7-8)5(6)10;1-2/h2H,1H3,(H2,6,10);1-2H3. The van der Waals surface area contributed by atoms with Crippen LogP contribution in [0.5, 0.6) is 0 Å². The Morgan fingerprint density at radius 2 is 2.14 bits per heavy atom. The van der Waals surface area contributed by atoms with Crippen molar-refractivity contribution in [2.75, 3.05) is 0 Å². The van der Waals surface area contributed by atoms with E-state index in [-0.39, 0.29) is 11.4 Å². The highest BCUT2D eigenvalue weighted by Gasteiger charge is 2.22. The molecule has 1 aromatic heterocycles. The summed E-state index contributed by atoms with van der Waals surface area (Å²) in [7, 11) is 1.47. The number of amides is 1. The highest BCUT2D eigenvalue weighted by molar-refractivity contribution is 5.94. The molecule has 1 amide bonds. The van der Waals surface area contributed by atoms with E-state index < -0.39 is 10.8 Å². The quantitative estimate of drug-likeness (QED) is 0.552. The number of aromatic nitrogens is 2. The molecule has 0 spiro atoms. The largest absolute Gasteiger partial charge is 0.364 e. The number of aryl methyl sites for hydroxylation is 1. The van der Waals surface area contributed by atoms with Gasteiger partial charge in [-0.2, -0.15) is 5.10 Å². The zero-order valence-electron chi connectivity index (χ0n) is 8.22. The van der Waals surface area contributed by atoms with Crippen LogP contribution in [-0.2, 0) is 7.05 Å². The predicted molar refractivity (Wildman–Crippen MR) is 49.7 cm³/mol. The molecule has 7 heteroatoms. The number of primary amides is 1. The lowest BCUT2D eigenvalue weighted by molar-refractivity contribution is -0.385. The molecule has 0 aromatic carbocycles. The van der Waals surface area contributed by atoms with Crippen molar-refractivity contribution in [2.24, 2.45) is 12.8 Å². The summed E-state index contributed by atoms with van der Waals surface area (Å²) >= 11 is 0. The van der Waals surface area contributed by atoms with Gasteiger partial charge in [0.2, 0.25) is 5.69 Å². The predicted octanol–water partition coefficient (Wildman–Crippen LogP) is 0.453. The van der Waals surface area contributed by atoms with E-state index in [0.29, 0.717) is 0 Å². The molecule has 0 aliphatic carbocycles. The van der Waals surface area contributed by atoms with Crippen molar-refractivity contribution in [3.8, 4) is 0 Å². The van der Waals surface area contributed by atoms with Gasteiger partial charge >= 0.3 is 5.69 Å². The summed E-state index contributed by atoms with van der Waals surface area (Å²) in [6.07, 6.45) is 1.13. The molecule has 7 nitrogen and oxygen atoms in total. The van der Waals surface area contributed by atoms with Crippen molar-refractivity contribution in [1.82, 2.24) is 9.78 Å². The van der Waals surface area contributed by atoms with E-state index >= 15 is 0 Å². The fourth-order valence-corrected chi connectivity index (χ4v) is 0.785. The van der Waals surface area contributed by atoms with Gasteiger partial charge in [0.25, 0.3) is 5.91 Å². The Hall–Kier alpha value is -1.92. The second kappa shape index (κ2) is 4.95. The smallest absolute Gasteiger partial charge is 0.320 e. The lowest BCUT2D eigenvalue weighted by Crippen LogP contribution is -2.13. The highest BCUT2D eigenvalue weighted by atomic mass is 16.6. The van der Waals surface area contributed by atoms with E-state index in [0.717, 1.165) is 10.9 Å². The third-order valence-corrected chi connectivity index (χ3v) is 1.24. The van der Waals surface area contributed by atoms with Crippen molar-refractivity contribution in [1.29, 1.82) is 0 Å². The van der Waals surface area contributed by atoms with Crippen LogP contribution in [0.25, 0.3) is 0 Å². The number of nitrogens with two attached hydrogens (primary N) is 1. The molecular weight excluding hydrogens is 188 g/mol. The summed E-state index contributed by atoms with van der Waals surface area (Å²) in [6.45, 7) is 4.00. The molecule has 0 aliphatic rings. The summed E-state index contributed by atoms with van der Waals surface area (Å²) < 4.78 is 1.16. The van der Waals surface area contributed by atoms with E-state index in [1.165, 1.54) is 7.05 Å². The van der Waals surface area contributed by atoms with Gasteiger partial charge in [0, 0.05) is 7.05 Å². The summed E-state index contributed by atoms with van der Waals surface area (Å²) in [5, 5.41) is 13.8. The minimum atomic E-state index is -0.901. The number of nitrogens with zero attached hydrogens (tertiary/aromatic N) is 3. The summed E-state index contributed by atoms with van der Waals surface area (Å²) in [6, 6.07) is 0. The van der Waals surface area contributed by atoms with Gasteiger partial charge in [-0.05, 0) is 0 Å². The molecule has 0 unspecified atom stereocenters. The topological polar surface area (TPSA) is 104 Å². The molecule has 0 atom stereocenters. The van der Waals surface area contributed by atoms with E-state index in [9.17, 15) is 14.9 Å². The summed E-state index contributed by atoms with van der Waals surface area (Å²) in [5.41, 5.74) is 4.16. The Bertz CT molecular complexity index is 313. The normalized spacial score (nSPS) is 8.79. The van der Waals surface area contributed by atoms with Gasteiger partial charge < -0.3 is 5.73 Å². The lowest BCUT2D eigenvalue weighted by Gasteiger charge is -1.86. The number of carbonyl (C=O) groups is 1. The molecule has 0 bridgehead atoms. The molecule has 0 radical (unpaired) electrons. The van der Waals surface area contributed by atoms with E-state index in [1.54, 1.807) is 0 Å². The maximum Gasteiger partial charge on any atom is 0.320 e. The average molecular weight is 200 g/mol. The highest BCUT2D eigenvalue weighted by Crippen LogP contribution is 2.14. The van der Waals surface area contributed by atoms with Gasteiger partial charge in [0.05, 0.1) is 4.92 Å². The lowest BCUT2D eigenvalue weighted by atomic mass is 10.4. The van der Waals surface area contributed by atoms with E-state index in [4.69, 9.17) is 5.73 Å². The van der Waals surface area contributed by atoms with E-state index in [1.807, 2.05) is 13.8 Å². The fourth-order valence-electron chi connectivity index (χ4n) is 0.785. The number of hydrogen-bond donors (Lipinski definition) is 1. The summed E-state index contributed by atoms with van der Waals surface area (Å²) in [4.78, 5) is 20.2.